The van der Waals surface area contributed by atoms with E-state index in [1.54, 1.807) is 12.2 Å². The predicted molar refractivity (Wildman–Crippen MR) is 79.6 cm³/mol. The van der Waals surface area contributed by atoms with Crippen molar-refractivity contribution in [2.45, 2.75) is 32.6 Å². The number of nitrogens with zero attached hydrogens (tertiary/aromatic N) is 2. The van der Waals surface area contributed by atoms with E-state index < -0.39 is 0 Å². The van der Waals surface area contributed by atoms with Gasteiger partial charge in [0.2, 0.25) is 12.2 Å². The van der Waals surface area contributed by atoms with Gasteiger partial charge in [0.15, 0.2) is 0 Å². The van der Waals surface area contributed by atoms with Crippen LogP contribution in [0.15, 0.2) is 9.98 Å². The van der Waals surface area contributed by atoms with Crippen molar-refractivity contribution >= 4 is 18.4 Å². The van der Waals surface area contributed by atoms with Gasteiger partial charge in [-0.3, -0.25) is 0 Å². The fourth-order valence-electron chi connectivity index (χ4n) is 6.04. The molecule has 0 spiro atoms. The van der Waals surface area contributed by atoms with Gasteiger partial charge < -0.3 is 4.79 Å². The van der Waals surface area contributed by atoms with E-state index in [0.29, 0.717) is 48.6 Å². The van der Waals surface area contributed by atoms with Gasteiger partial charge in [-0.15, -0.1) is 0 Å². The summed E-state index contributed by atoms with van der Waals surface area (Å²) < 4.78 is 0. The zero-order chi connectivity index (χ0) is 15.7. The first kappa shape index (κ1) is 15.3. The van der Waals surface area contributed by atoms with E-state index in [1.165, 1.54) is 6.29 Å². The molecule has 0 heterocycles. The lowest BCUT2D eigenvalue weighted by atomic mass is 9.55. The fraction of sp³-hybridized carbons (Fsp3) is 0.824. The van der Waals surface area contributed by atoms with Crippen LogP contribution in [0.2, 0.25) is 0 Å². The van der Waals surface area contributed by atoms with Crippen molar-refractivity contribution in [1.82, 2.24) is 0 Å². The van der Waals surface area contributed by atoms with Crippen LogP contribution in [-0.2, 0) is 14.4 Å². The standard InChI is InChI=1S/C17H22N2O3/c1-11-2-3-12(6-18-9-21)15-14-5-17(8-20,16(11)15)4-13(14)7-19-10-22/h8,11-16H,2-7H2,1H3. The number of carbonyl (C=O) groups is 1. The Morgan fingerprint density at radius 1 is 1.09 bits per heavy atom. The highest BCUT2D eigenvalue weighted by Gasteiger charge is 2.64. The highest BCUT2D eigenvalue weighted by atomic mass is 16.1. The van der Waals surface area contributed by atoms with Crippen molar-refractivity contribution in [2.75, 3.05) is 13.1 Å². The lowest BCUT2D eigenvalue weighted by molar-refractivity contribution is -0.123. The van der Waals surface area contributed by atoms with E-state index in [0.717, 1.165) is 25.7 Å². The van der Waals surface area contributed by atoms with Gasteiger partial charge in [0, 0.05) is 5.41 Å². The molecule has 5 heteroatoms. The van der Waals surface area contributed by atoms with Crippen molar-refractivity contribution in [3.8, 4) is 0 Å². The Morgan fingerprint density at radius 2 is 1.77 bits per heavy atom. The largest absolute Gasteiger partial charge is 0.303 e. The van der Waals surface area contributed by atoms with Crippen LogP contribution in [0.4, 0.5) is 0 Å². The third-order valence-electron chi connectivity index (χ3n) is 6.60. The molecule has 0 aromatic heterocycles. The summed E-state index contributed by atoms with van der Waals surface area (Å²) >= 11 is 0. The number of aldehydes is 1. The molecule has 7 atom stereocenters. The molecule has 0 aromatic carbocycles. The van der Waals surface area contributed by atoms with Gasteiger partial charge in [-0.1, -0.05) is 13.3 Å². The van der Waals surface area contributed by atoms with Crippen molar-refractivity contribution in [3.63, 3.8) is 0 Å². The second kappa shape index (κ2) is 5.91. The molecule has 3 saturated carbocycles. The average Bonchev–Trinajstić information content (AvgIpc) is 3.07. The first-order chi connectivity index (χ1) is 10.7. The van der Waals surface area contributed by atoms with Gasteiger partial charge in [-0.25, -0.2) is 19.6 Å². The summed E-state index contributed by atoms with van der Waals surface area (Å²) in [6, 6.07) is 0. The van der Waals surface area contributed by atoms with E-state index in [-0.39, 0.29) is 5.41 Å². The van der Waals surface area contributed by atoms with Crippen molar-refractivity contribution < 1.29 is 14.4 Å². The SMILES string of the molecule is CC1CCC(CN=C=O)C2C3CC(C=O)(CC3CN=C=O)C12. The van der Waals surface area contributed by atoms with Crippen LogP contribution >= 0.6 is 0 Å². The molecule has 3 aliphatic carbocycles. The van der Waals surface area contributed by atoms with E-state index in [1.807, 2.05) is 0 Å². The topological polar surface area (TPSA) is 75.9 Å². The molecular weight excluding hydrogens is 280 g/mol. The third-order valence-corrected chi connectivity index (χ3v) is 6.60. The summed E-state index contributed by atoms with van der Waals surface area (Å²) in [6.07, 6.45) is 8.38. The minimum atomic E-state index is -0.249. The van der Waals surface area contributed by atoms with E-state index in [2.05, 4.69) is 16.9 Å². The van der Waals surface area contributed by atoms with Gasteiger partial charge >= 0.3 is 0 Å². The van der Waals surface area contributed by atoms with Crippen LogP contribution in [0.25, 0.3) is 0 Å². The molecule has 0 radical (unpaired) electrons. The summed E-state index contributed by atoms with van der Waals surface area (Å²) in [5.74, 6) is 2.42. The maximum Gasteiger partial charge on any atom is 0.234 e. The molecule has 3 aliphatic rings. The van der Waals surface area contributed by atoms with Crippen LogP contribution < -0.4 is 0 Å². The highest BCUT2D eigenvalue weighted by Crippen LogP contribution is 2.68. The van der Waals surface area contributed by atoms with Crippen molar-refractivity contribution in [1.29, 1.82) is 0 Å². The fourth-order valence-corrected chi connectivity index (χ4v) is 6.04. The molecule has 0 N–H and O–H groups in total. The molecule has 3 rings (SSSR count). The van der Waals surface area contributed by atoms with Crippen LogP contribution in [0.5, 0.6) is 0 Å². The van der Waals surface area contributed by atoms with Gasteiger partial charge in [-0.05, 0) is 54.8 Å². The second-order valence-corrected chi connectivity index (χ2v) is 7.46. The zero-order valence-electron chi connectivity index (χ0n) is 12.9. The van der Waals surface area contributed by atoms with Gasteiger partial charge in [-0.2, -0.15) is 0 Å². The van der Waals surface area contributed by atoms with Crippen LogP contribution in [0.3, 0.4) is 0 Å². The molecule has 0 saturated heterocycles. The van der Waals surface area contributed by atoms with E-state index >= 15 is 0 Å². The van der Waals surface area contributed by atoms with Crippen LogP contribution in [0, 0.1) is 40.9 Å². The first-order valence-corrected chi connectivity index (χ1v) is 8.20. The second-order valence-electron chi connectivity index (χ2n) is 7.46. The maximum atomic E-state index is 11.9. The number of rotatable bonds is 5. The molecule has 0 aliphatic heterocycles. The van der Waals surface area contributed by atoms with Gasteiger partial charge in [0.1, 0.15) is 6.29 Å². The number of hydrogen-bond donors (Lipinski definition) is 0. The number of isocyanates is 2. The minimum absolute atomic E-state index is 0.249. The molecule has 5 nitrogen and oxygen atoms in total. The Bertz CT molecular complexity index is 550. The average molecular weight is 302 g/mol. The lowest BCUT2D eigenvalue weighted by Crippen LogP contribution is -2.46. The summed E-state index contributed by atoms with van der Waals surface area (Å²) in [5, 5.41) is 0. The molecular formula is C17H22N2O3. The number of aliphatic imine (C=N–C) groups is 2. The molecule has 2 bridgehead atoms. The maximum absolute atomic E-state index is 11.9. The summed E-state index contributed by atoms with van der Waals surface area (Å²) in [6.45, 7) is 3.25. The normalized spacial score (nSPS) is 45.5. The Labute approximate surface area is 130 Å². The van der Waals surface area contributed by atoms with Crippen molar-refractivity contribution in [2.24, 2.45) is 50.9 Å². The van der Waals surface area contributed by atoms with E-state index in [9.17, 15) is 14.4 Å². The third kappa shape index (κ3) is 2.20. The lowest BCUT2D eigenvalue weighted by Gasteiger charge is -2.49. The molecule has 7 unspecified atom stereocenters. The molecule has 0 amide bonds. The van der Waals surface area contributed by atoms with E-state index in [4.69, 9.17) is 0 Å². The Kier molecular flexibility index (Phi) is 4.12. The number of fused-ring (bicyclic) bond motifs is 5. The number of carbonyl (C=O) groups excluding carboxylic acids is 3. The first-order valence-electron chi connectivity index (χ1n) is 8.20. The van der Waals surface area contributed by atoms with Crippen LogP contribution in [-0.4, -0.2) is 31.5 Å². The monoisotopic (exact) mass is 302 g/mol. The Morgan fingerprint density at radius 3 is 2.41 bits per heavy atom. The predicted octanol–water partition coefficient (Wildman–Crippen LogP) is 2.16. The minimum Gasteiger partial charge on any atom is -0.303 e. The summed E-state index contributed by atoms with van der Waals surface area (Å²) in [4.78, 5) is 40.5. The Hall–Kier alpha value is -1.57. The summed E-state index contributed by atoms with van der Waals surface area (Å²) in [7, 11) is 0. The van der Waals surface area contributed by atoms with Crippen LogP contribution in [0.1, 0.15) is 32.6 Å². The molecule has 22 heavy (non-hydrogen) atoms. The zero-order valence-corrected chi connectivity index (χ0v) is 12.9. The summed E-state index contributed by atoms with van der Waals surface area (Å²) in [5.41, 5.74) is -0.249. The number of hydrogen-bond acceptors (Lipinski definition) is 5. The molecule has 0 aromatic rings. The Balaban J connectivity index is 1.91. The molecule has 3 fully saturated rings. The quantitative estimate of drug-likeness (QED) is 0.443. The van der Waals surface area contributed by atoms with Gasteiger partial charge in [0.05, 0.1) is 13.1 Å². The van der Waals surface area contributed by atoms with Gasteiger partial charge in [0.25, 0.3) is 0 Å². The smallest absolute Gasteiger partial charge is 0.234 e. The molecule has 118 valence electrons. The van der Waals surface area contributed by atoms with Crippen molar-refractivity contribution in [3.05, 3.63) is 0 Å². The highest BCUT2D eigenvalue weighted by molar-refractivity contribution is 5.62.